The number of anilines is 1. The first-order valence-corrected chi connectivity index (χ1v) is 7.47. The predicted molar refractivity (Wildman–Crippen MR) is 82.9 cm³/mol. The lowest BCUT2D eigenvalue weighted by atomic mass is 10.0. The van der Waals surface area contributed by atoms with Crippen molar-refractivity contribution in [2.45, 2.75) is 60.0 Å². The first-order valence-electron chi connectivity index (χ1n) is 7.47. The van der Waals surface area contributed by atoms with Gasteiger partial charge in [0.15, 0.2) is 0 Å². The Balaban J connectivity index is 2.85. The second kappa shape index (κ2) is 7.81. The minimum Gasteiger partial charge on any atom is -0.344 e. The number of rotatable bonds is 7. The average molecular weight is 294 g/mol. The quantitative estimate of drug-likeness (QED) is 0.808. The van der Waals surface area contributed by atoms with Crippen molar-refractivity contribution in [2.24, 2.45) is 5.92 Å². The third kappa shape index (κ3) is 4.88. The highest BCUT2D eigenvalue weighted by Crippen LogP contribution is 2.16. The Hall–Kier alpha value is -1.85. The Morgan fingerprint density at radius 1 is 1.38 bits per heavy atom. The van der Waals surface area contributed by atoms with Gasteiger partial charge in [-0.15, -0.1) is 0 Å². The number of carbonyl (C=O) groups excluding carboxylic acids is 2. The topological polar surface area (TPSA) is 76.0 Å². The molecule has 0 aliphatic rings. The van der Waals surface area contributed by atoms with E-state index < -0.39 is 6.04 Å². The van der Waals surface area contributed by atoms with E-state index >= 15 is 0 Å². The minimum atomic E-state index is -0.545. The lowest BCUT2D eigenvalue weighted by Gasteiger charge is -2.21. The zero-order valence-electron chi connectivity index (χ0n) is 13.6. The van der Waals surface area contributed by atoms with E-state index in [1.54, 1.807) is 6.20 Å². The molecule has 0 unspecified atom stereocenters. The van der Waals surface area contributed by atoms with Gasteiger partial charge in [0.2, 0.25) is 11.8 Å². The van der Waals surface area contributed by atoms with Gasteiger partial charge >= 0.3 is 0 Å². The van der Waals surface area contributed by atoms with Gasteiger partial charge in [0.1, 0.15) is 11.9 Å². The smallest absolute Gasteiger partial charge is 0.248 e. The van der Waals surface area contributed by atoms with Gasteiger partial charge in [0.25, 0.3) is 0 Å². The molecular weight excluding hydrogens is 268 g/mol. The summed E-state index contributed by atoms with van der Waals surface area (Å²) in [5.74, 6) is 0.312. The third-order valence-electron chi connectivity index (χ3n) is 3.30. The monoisotopic (exact) mass is 294 g/mol. The molecule has 1 aromatic heterocycles. The Labute approximate surface area is 126 Å². The average Bonchev–Trinajstić information content (AvgIpc) is 2.74. The van der Waals surface area contributed by atoms with E-state index in [0.29, 0.717) is 5.82 Å². The van der Waals surface area contributed by atoms with Crippen LogP contribution in [0.1, 0.15) is 46.1 Å². The maximum atomic E-state index is 12.4. The number of unbranched alkanes of at least 4 members (excludes halogenated alkanes) is 1. The number of carbonyl (C=O) groups is 2. The molecule has 0 saturated heterocycles. The van der Waals surface area contributed by atoms with E-state index in [1.807, 2.05) is 25.5 Å². The number of aryl methyl sites for hydroxylation is 2. The van der Waals surface area contributed by atoms with Crippen molar-refractivity contribution >= 4 is 17.6 Å². The maximum absolute atomic E-state index is 12.4. The number of aromatic nitrogens is 2. The van der Waals surface area contributed by atoms with Gasteiger partial charge in [-0.1, -0.05) is 27.2 Å². The van der Waals surface area contributed by atoms with Crippen LogP contribution in [0.2, 0.25) is 0 Å². The predicted octanol–water partition coefficient (Wildman–Crippen LogP) is 2.09. The van der Waals surface area contributed by atoms with Crippen molar-refractivity contribution in [1.82, 2.24) is 15.1 Å². The summed E-state index contributed by atoms with van der Waals surface area (Å²) in [4.78, 5) is 23.6. The van der Waals surface area contributed by atoms with Crippen molar-refractivity contribution in [3.8, 4) is 0 Å². The summed E-state index contributed by atoms with van der Waals surface area (Å²) in [6.07, 6.45) is 3.81. The highest BCUT2D eigenvalue weighted by atomic mass is 16.2. The van der Waals surface area contributed by atoms with Crippen molar-refractivity contribution in [1.29, 1.82) is 0 Å². The van der Waals surface area contributed by atoms with E-state index in [-0.39, 0.29) is 17.7 Å². The molecule has 0 saturated carbocycles. The van der Waals surface area contributed by atoms with E-state index in [2.05, 4.69) is 22.7 Å². The molecule has 6 heteroatoms. The van der Waals surface area contributed by atoms with Gasteiger partial charge < -0.3 is 10.6 Å². The van der Waals surface area contributed by atoms with Gasteiger partial charge in [0, 0.05) is 19.0 Å². The van der Waals surface area contributed by atoms with Crippen molar-refractivity contribution < 1.29 is 9.59 Å². The van der Waals surface area contributed by atoms with Crippen LogP contribution in [0.3, 0.4) is 0 Å². The molecule has 1 heterocycles. The standard InChI is InChI=1S/C15H26N4O2/c1-6-7-8-19-14(11(4)9-16-19)18-15(21)13(10(2)3)17-12(5)20/h9-10,13H,6-8H2,1-5H3,(H,17,20)(H,18,21)/t13-/m0/s1. The molecule has 0 aliphatic heterocycles. The molecule has 21 heavy (non-hydrogen) atoms. The number of amides is 2. The van der Waals surface area contributed by atoms with Gasteiger partial charge in [-0.3, -0.25) is 9.59 Å². The molecule has 0 spiro atoms. The van der Waals surface area contributed by atoms with Crippen LogP contribution in [0, 0.1) is 12.8 Å². The zero-order chi connectivity index (χ0) is 16.0. The Morgan fingerprint density at radius 3 is 2.57 bits per heavy atom. The summed E-state index contributed by atoms with van der Waals surface area (Å²) in [5.41, 5.74) is 0.921. The molecule has 2 N–H and O–H groups in total. The van der Waals surface area contributed by atoms with Crippen LogP contribution in [0.5, 0.6) is 0 Å². The second-order valence-corrected chi connectivity index (χ2v) is 5.66. The normalized spacial score (nSPS) is 12.3. The summed E-state index contributed by atoms with van der Waals surface area (Å²) in [5, 5.41) is 9.88. The Kier molecular flexibility index (Phi) is 6.39. The number of hydrogen-bond donors (Lipinski definition) is 2. The molecular formula is C15H26N4O2. The van der Waals surface area contributed by atoms with E-state index in [4.69, 9.17) is 0 Å². The zero-order valence-corrected chi connectivity index (χ0v) is 13.6. The molecule has 0 fully saturated rings. The molecule has 0 radical (unpaired) electrons. The minimum absolute atomic E-state index is 0.0150. The summed E-state index contributed by atoms with van der Waals surface area (Å²) in [6.45, 7) is 10.0. The van der Waals surface area contributed by atoms with Crippen LogP contribution in [0.4, 0.5) is 5.82 Å². The van der Waals surface area contributed by atoms with Crippen LogP contribution >= 0.6 is 0 Å². The van der Waals surface area contributed by atoms with Crippen LogP contribution in [0.15, 0.2) is 6.20 Å². The summed E-state index contributed by atoms with van der Waals surface area (Å²) in [7, 11) is 0. The van der Waals surface area contributed by atoms with Crippen LogP contribution in [-0.4, -0.2) is 27.6 Å². The lowest BCUT2D eigenvalue weighted by molar-refractivity contribution is -0.126. The van der Waals surface area contributed by atoms with Gasteiger partial charge in [-0.25, -0.2) is 4.68 Å². The Bertz CT molecular complexity index is 494. The summed E-state index contributed by atoms with van der Waals surface area (Å²) in [6, 6.07) is -0.545. The second-order valence-electron chi connectivity index (χ2n) is 5.66. The van der Waals surface area contributed by atoms with Crippen LogP contribution in [-0.2, 0) is 16.1 Å². The molecule has 1 rings (SSSR count). The molecule has 1 aromatic rings. The maximum Gasteiger partial charge on any atom is 0.248 e. The molecule has 1 atom stereocenters. The molecule has 118 valence electrons. The highest BCUT2D eigenvalue weighted by Gasteiger charge is 2.24. The Morgan fingerprint density at radius 2 is 2.05 bits per heavy atom. The van der Waals surface area contributed by atoms with Crippen LogP contribution in [0.25, 0.3) is 0 Å². The first kappa shape index (κ1) is 17.2. The fraction of sp³-hybridized carbons (Fsp3) is 0.667. The first-order chi connectivity index (χ1) is 9.86. The van der Waals surface area contributed by atoms with E-state index in [9.17, 15) is 9.59 Å². The largest absolute Gasteiger partial charge is 0.344 e. The molecule has 2 amide bonds. The van der Waals surface area contributed by atoms with Gasteiger partial charge in [-0.2, -0.15) is 5.10 Å². The molecule has 6 nitrogen and oxygen atoms in total. The number of nitrogens with one attached hydrogen (secondary N) is 2. The highest BCUT2D eigenvalue weighted by molar-refractivity contribution is 5.97. The number of nitrogens with zero attached hydrogens (tertiary/aromatic N) is 2. The molecule has 0 aliphatic carbocycles. The van der Waals surface area contributed by atoms with Gasteiger partial charge in [0.05, 0.1) is 6.20 Å². The lowest BCUT2D eigenvalue weighted by Crippen LogP contribution is -2.46. The SMILES string of the molecule is CCCCn1ncc(C)c1NC(=O)[C@@H](NC(C)=O)C(C)C. The fourth-order valence-electron chi connectivity index (χ4n) is 2.07. The van der Waals surface area contributed by atoms with Crippen molar-refractivity contribution in [2.75, 3.05) is 5.32 Å². The fourth-order valence-corrected chi connectivity index (χ4v) is 2.07. The summed E-state index contributed by atoms with van der Waals surface area (Å²) < 4.78 is 1.81. The number of hydrogen-bond acceptors (Lipinski definition) is 3. The van der Waals surface area contributed by atoms with E-state index in [1.165, 1.54) is 6.92 Å². The summed E-state index contributed by atoms with van der Waals surface area (Å²) >= 11 is 0. The van der Waals surface area contributed by atoms with Crippen molar-refractivity contribution in [3.63, 3.8) is 0 Å². The third-order valence-corrected chi connectivity index (χ3v) is 3.30. The molecule has 0 aromatic carbocycles. The van der Waals surface area contributed by atoms with Crippen molar-refractivity contribution in [3.05, 3.63) is 11.8 Å². The molecule has 0 bridgehead atoms. The van der Waals surface area contributed by atoms with Gasteiger partial charge in [-0.05, 0) is 19.3 Å². The van der Waals surface area contributed by atoms with Crippen LogP contribution < -0.4 is 10.6 Å². The van der Waals surface area contributed by atoms with E-state index in [0.717, 1.165) is 24.9 Å².